The summed E-state index contributed by atoms with van der Waals surface area (Å²) in [5.41, 5.74) is -1.99. The molecule has 0 aliphatic carbocycles. The molecular formula is C21H20BrCl2FN2O3. The molecule has 2 unspecified atom stereocenters. The second kappa shape index (κ2) is 8.46. The summed E-state index contributed by atoms with van der Waals surface area (Å²) in [4.78, 5) is 21.7. The lowest BCUT2D eigenvalue weighted by Gasteiger charge is -2.34. The van der Waals surface area contributed by atoms with Crippen LogP contribution in [0.5, 0.6) is 0 Å². The summed E-state index contributed by atoms with van der Waals surface area (Å²) in [5, 5.41) is 13.2. The third-order valence-corrected chi connectivity index (χ3v) is 6.55. The Bertz CT molecular complexity index is 1010. The van der Waals surface area contributed by atoms with Gasteiger partial charge in [0.1, 0.15) is 11.7 Å². The van der Waals surface area contributed by atoms with E-state index < -0.39 is 28.8 Å². The van der Waals surface area contributed by atoms with Crippen molar-refractivity contribution < 1.29 is 19.3 Å². The van der Waals surface area contributed by atoms with E-state index in [9.17, 15) is 14.4 Å². The number of amidine groups is 1. The van der Waals surface area contributed by atoms with Crippen molar-refractivity contribution in [2.45, 2.75) is 44.2 Å². The molecule has 5 nitrogen and oxygen atoms in total. The van der Waals surface area contributed by atoms with E-state index in [0.717, 1.165) is 0 Å². The van der Waals surface area contributed by atoms with Crippen LogP contribution >= 0.6 is 39.1 Å². The summed E-state index contributed by atoms with van der Waals surface area (Å²) >= 11 is 16.1. The number of aliphatic imine (C=N–C) groups is 1. The zero-order valence-electron chi connectivity index (χ0n) is 16.5. The number of nitrogens with one attached hydrogen (secondary N) is 1. The van der Waals surface area contributed by atoms with Gasteiger partial charge in [-0.15, -0.1) is 0 Å². The molecule has 2 aromatic rings. The van der Waals surface area contributed by atoms with Crippen LogP contribution in [0.3, 0.4) is 0 Å². The summed E-state index contributed by atoms with van der Waals surface area (Å²) < 4.78 is 15.5. The highest BCUT2D eigenvalue weighted by Gasteiger charge is 2.56. The zero-order valence-corrected chi connectivity index (χ0v) is 19.6. The summed E-state index contributed by atoms with van der Waals surface area (Å²) in [5.74, 6) is -1.33. The molecule has 9 heteroatoms. The molecule has 0 bridgehead atoms. The Kier molecular flexibility index (Phi) is 6.49. The van der Waals surface area contributed by atoms with E-state index in [-0.39, 0.29) is 5.56 Å². The monoisotopic (exact) mass is 516 g/mol. The first-order valence-corrected chi connectivity index (χ1v) is 10.8. The minimum atomic E-state index is -1.76. The van der Waals surface area contributed by atoms with Gasteiger partial charge in [0.05, 0.1) is 6.04 Å². The topological polar surface area (TPSA) is 70.9 Å². The van der Waals surface area contributed by atoms with Gasteiger partial charge in [0.2, 0.25) is 0 Å². The first-order chi connectivity index (χ1) is 14.1. The molecule has 0 amide bonds. The fourth-order valence-corrected chi connectivity index (χ4v) is 5.11. The number of rotatable bonds is 5. The van der Waals surface area contributed by atoms with Crippen molar-refractivity contribution in [3.8, 4) is 0 Å². The van der Waals surface area contributed by atoms with Gasteiger partial charge in [-0.25, -0.2) is 9.18 Å². The van der Waals surface area contributed by atoms with Gasteiger partial charge in [0.25, 0.3) is 0 Å². The number of halogens is 4. The third kappa shape index (κ3) is 3.62. The van der Waals surface area contributed by atoms with Crippen LogP contribution in [0, 0.1) is 5.82 Å². The molecule has 2 atom stereocenters. The quantitative estimate of drug-likeness (QED) is 0.384. The van der Waals surface area contributed by atoms with Crippen LogP contribution in [0.2, 0.25) is 10.0 Å². The van der Waals surface area contributed by atoms with Crippen LogP contribution in [-0.2, 0) is 20.6 Å². The average Bonchev–Trinajstić information content (AvgIpc) is 3.08. The molecule has 160 valence electrons. The summed E-state index contributed by atoms with van der Waals surface area (Å²) in [6.45, 7) is 5.50. The second-order valence-electron chi connectivity index (χ2n) is 7.56. The Balaban J connectivity index is 2.19. The molecule has 3 rings (SSSR count). The van der Waals surface area contributed by atoms with Crippen LogP contribution in [-0.4, -0.2) is 23.1 Å². The standard InChI is InChI=1S/C21H20BrCl2FN2O3/c1-4-16-21(19(28)30-29,12-9-8-11(22)10-15(12)25)27-18(26-16)20(2,3)17-13(23)6-5-7-14(17)24/h5-10,16,29H,4H2,1-3H3,(H,26,27). The first kappa shape index (κ1) is 23.0. The summed E-state index contributed by atoms with van der Waals surface area (Å²) in [6, 6.07) is 8.70. The van der Waals surface area contributed by atoms with Gasteiger partial charge in [-0.1, -0.05) is 58.2 Å². The van der Waals surface area contributed by atoms with Gasteiger partial charge in [0, 0.05) is 31.1 Å². The van der Waals surface area contributed by atoms with E-state index >= 15 is 0 Å². The Morgan fingerprint density at radius 2 is 1.97 bits per heavy atom. The first-order valence-electron chi connectivity index (χ1n) is 9.21. The number of hydrogen-bond donors (Lipinski definition) is 2. The maximum absolute atomic E-state index is 15.0. The minimum Gasteiger partial charge on any atom is -0.352 e. The Morgan fingerprint density at radius 3 is 2.50 bits per heavy atom. The highest BCUT2D eigenvalue weighted by Crippen LogP contribution is 2.43. The Labute approximate surface area is 192 Å². The Morgan fingerprint density at radius 1 is 1.33 bits per heavy atom. The Hall–Kier alpha value is -1.67. The highest BCUT2D eigenvalue weighted by atomic mass is 79.9. The van der Waals surface area contributed by atoms with Gasteiger partial charge >= 0.3 is 5.97 Å². The third-order valence-electron chi connectivity index (χ3n) is 5.43. The summed E-state index contributed by atoms with van der Waals surface area (Å²) in [7, 11) is 0. The number of nitrogens with zero attached hydrogens (tertiary/aromatic N) is 1. The van der Waals surface area contributed by atoms with Gasteiger partial charge in [-0.05, 0) is 44.5 Å². The van der Waals surface area contributed by atoms with Crippen molar-refractivity contribution in [3.63, 3.8) is 0 Å². The predicted molar refractivity (Wildman–Crippen MR) is 119 cm³/mol. The molecule has 0 fully saturated rings. The smallest absolute Gasteiger partial charge is 0.352 e. The summed E-state index contributed by atoms with van der Waals surface area (Å²) in [6.07, 6.45) is 0.368. The van der Waals surface area contributed by atoms with Crippen LogP contribution in [0.15, 0.2) is 45.9 Å². The number of carbonyl (C=O) groups is 1. The maximum atomic E-state index is 15.0. The molecule has 30 heavy (non-hydrogen) atoms. The minimum absolute atomic E-state index is 0.0106. The van der Waals surface area contributed by atoms with E-state index in [4.69, 9.17) is 28.2 Å². The van der Waals surface area contributed by atoms with Gasteiger partial charge in [-0.2, -0.15) is 5.26 Å². The molecule has 0 spiro atoms. The predicted octanol–water partition coefficient (Wildman–Crippen LogP) is 5.86. The zero-order chi connectivity index (χ0) is 22.3. The molecular weight excluding hydrogens is 498 g/mol. The lowest BCUT2D eigenvalue weighted by molar-refractivity contribution is -0.242. The lowest BCUT2D eigenvalue weighted by Crippen LogP contribution is -2.57. The van der Waals surface area contributed by atoms with Gasteiger partial charge in [0.15, 0.2) is 5.54 Å². The van der Waals surface area contributed by atoms with Crippen LogP contribution in [0.25, 0.3) is 0 Å². The molecule has 1 aliphatic rings. The number of hydrogen-bond acceptors (Lipinski definition) is 5. The average molecular weight is 518 g/mol. The molecule has 0 radical (unpaired) electrons. The van der Waals surface area contributed by atoms with Crippen LogP contribution in [0.1, 0.15) is 38.3 Å². The molecule has 1 aliphatic heterocycles. The molecule has 0 saturated heterocycles. The van der Waals surface area contributed by atoms with E-state index in [0.29, 0.717) is 32.3 Å². The molecule has 0 saturated carbocycles. The van der Waals surface area contributed by atoms with E-state index in [1.807, 2.05) is 20.8 Å². The molecule has 2 aromatic carbocycles. The molecule has 0 aromatic heterocycles. The van der Waals surface area contributed by atoms with Crippen molar-refractivity contribution in [3.05, 3.63) is 67.9 Å². The number of carbonyl (C=O) groups excluding carboxylic acids is 1. The lowest BCUT2D eigenvalue weighted by atomic mass is 9.80. The van der Waals surface area contributed by atoms with E-state index in [1.165, 1.54) is 12.1 Å². The van der Waals surface area contributed by atoms with Crippen molar-refractivity contribution in [1.82, 2.24) is 5.32 Å². The fraction of sp³-hybridized carbons (Fsp3) is 0.333. The van der Waals surface area contributed by atoms with Crippen LogP contribution < -0.4 is 5.32 Å². The van der Waals surface area contributed by atoms with Crippen molar-refractivity contribution >= 4 is 50.9 Å². The van der Waals surface area contributed by atoms with Crippen molar-refractivity contribution in [2.24, 2.45) is 4.99 Å². The largest absolute Gasteiger partial charge is 0.374 e. The van der Waals surface area contributed by atoms with E-state index in [1.54, 1.807) is 24.3 Å². The van der Waals surface area contributed by atoms with Gasteiger partial charge < -0.3 is 5.32 Å². The maximum Gasteiger partial charge on any atom is 0.374 e. The van der Waals surface area contributed by atoms with Crippen LogP contribution in [0.4, 0.5) is 4.39 Å². The number of benzene rings is 2. The molecule has 2 N–H and O–H groups in total. The molecule has 1 heterocycles. The van der Waals surface area contributed by atoms with Crippen molar-refractivity contribution in [1.29, 1.82) is 0 Å². The second-order valence-corrected chi connectivity index (χ2v) is 9.29. The normalized spacial score (nSPS) is 21.2. The highest BCUT2D eigenvalue weighted by molar-refractivity contribution is 9.10. The van der Waals surface area contributed by atoms with E-state index in [2.05, 4.69) is 26.1 Å². The SMILES string of the molecule is CCC1N=C(C(C)(C)c2c(Cl)cccc2Cl)NC1(C(=O)OO)c1ccc(Br)cc1F. The van der Waals surface area contributed by atoms with Gasteiger partial charge in [-0.3, -0.25) is 9.88 Å². The fourth-order valence-electron chi connectivity index (χ4n) is 3.91. The van der Waals surface area contributed by atoms with Crippen molar-refractivity contribution in [2.75, 3.05) is 0 Å².